The van der Waals surface area contributed by atoms with Crippen molar-refractivity contribution in [3.63, 3.8) is 0 Å². The van der Waals surface area contributed by atoms with Gasteiger partial charge in [-0.05, 0) is 54.1 Å². The summed E-state index contributed by atoms with van der Waals surface area (Å²) in [5.41, 5.74) is 3.01. The minimum Gasteiger partial charge on any atom is -0.482 e. The Labute approximate surface area is 173 Å². The second-order valence-corrected chi connectivity index (χ2v) is 7.88. The van der Waals surface area contributed by atoms with E-state index in [0.29, 0.717) is 11.3 Å². The zero-order chi connectivity index (χ0) is 22.1. The third-order valence-corrected chi connectivity index (χ3v) is 4.81. The summed E-state index contributed by atoms with van der Waals surface area (Å²) in [6, 6.07) is 11.2. The van der Waals surface area contributed by atoms with E-state index in [1.54, 1.807) is 24.3 Å². The molecule has 0 spiro atoms. The third kappa shape index (κ3) is 7.17. The number of hydrogen-bond donors (Lipinski definition) is 1. The van der Waals surface area contributed by atoms with Crippen LogP contribution in [0.3, 0.4) is 0 Å². The van der Waals surface area contributed by atoms with E-state index < -0.39 is 34.3 Å². The van der Waals surface area contributed by atoms with Gasteiger partial charge in [0.2, 0.25) is 10.0 Å². The summed E-state index contributed by atoms with van der Waals surface area (Å²) < 4.78 is 47.5. The summed E-state index contributed by atoms with van der Waals surface area (Å²) in [7, 11) is -2.51. The van der Waals surface area contributed by atoms with Crippen LogP contribution in [0.25, 0.3) is 0 Å². The number of nitrogens with zero attached hydrogens (tertiary/aromatic N) is 2. The Kier molecular flexibility index (Phi) is 7.87. The average molecular weight is 437 g/mol. The molecule has 0 aliphatic heterocycles. The van der Waals surface area contributed by atoms with Crippen LogP contribution in [-0.2, 0) is 24.3 Å². The number of carbonyl (C=O) groups excluding carboxylic acids is 2. The number of sulfonamides is 1. The minimum absolute atomic E-state index is 0.153. The number of methoxy groups -OCH3 is 1. The first-order valence-electron chi connectivity index (χ1n) is 8.54. The molecule has 0 bridgehead atoms. The maximum atomic E-state index is 13.1. The zero-order valence-corrected chi connectivity index (χ0v) is 17.1. The van der Waals surface area contributed by atoms with Crippen molar-refractivity contribution in [1.82, 2.24) is 5.43 Å². The Balaban J connectivity index is 1.94. The number of rotatable bonds is 9. The maximum absolute atomic E-state index is 13.1. The molecule has 1 amide bonds. The predicted octanol–water partition coefficient (Wildman–Crippen LogP) is 1.29. The molecule has 2 aromatic rings. The molecule has 0 fully saturated rings. The number of esters is 1. The van der Waals surface area contributed by atoms with E-state index in [1.165, 1.54) is 25.5 Å². The van der Waals surface area contributed by atoms with Crippen LogP contribution in [0, 0.1) is 5.82 Å². The number of nitrogens with one attached hydrogen (secondary N) is 1. The van der Waals surface area contributed by atoms with Crippen LogP contribution in [-0.4, -0.2) is 53.0 Å². The molecule has 0 saturated heterocycles. The monoisotopic (exact) mass is 437 g/mol. The standard InChI is InChI=1S/C19H20FN3O6S/c1-28-19(25)13-29-17-9-3-14(4-10-17)11-21-22-18(24)12-23(30(2,26)27)16-7-5-15(20)6-8-16/h3-11H,12-13H2,1-2H3,(H,22,24). The van der Waals surface area contributed by atoms with Gasteiger partial charge in [0.1, 0.15) is 18.1 Å². The molecule has 30 heavy (non-hydrogen) atoms. The Bertz CT molecular complexity index is 1010. The predicted molar refractivity (Wildman–Crippen MR) is 108 cm³/mol. The molecule has 0 aliphatic rings. The molecule has 0 aromatic heterocycles. The van der Waals surface area contributed by atoms with E-state index in [2.05, 4.69) is 15.3 Å². The van der Waals surface area contributed by atoms with Crippen molar-refractivity contribution in [3.05, 3.63) is 59.9 Å². The van der Waals surface area contributed by atoms with Gasteiger partial charge in [-0.3, -0.25) is 9.10 Å². The topological polar surface area (TPSA) is 114 Å². The van der Waals surface area contributed by atoms with E-state index in [9.17, 15) is 22.4 Å². The lowest BCUT2D eigenvalue weighted by molar-refractivity contribution is -0.142. The number of hydrazone groups is 1. The second kappa shape index (κ2) is 10.3. The summed E-state index contributed by atoms with van der Waals surface area (Å²) in [6.45, 7) is -0.743. The van der Waals surface area contributed by atoms with Gasteiger partial charge in [0.05, 0.1) is 25.3 Å². The van der Waals surface area contributed by atoms with Crippen LogP contribution in [0.4, 0.5) is 10.1 Å². The minimum atomic E-state index is -3.77. The summed E-state index contributed by atoms with van der Waals surface area (Å²) in [4.78, 5) is 23.1. The van der Waals surface area contributed by atoms with Crippen molar-refractivity contribution in [2.45, 2.75) is 0 Å². The Morgan fingerprint density at radius 1 is 1.13 bits per heavy atom. The molecule has 0 saturated carbocycles. The summed E-state index contributed by atoms with van der Waals surface area (Å²) in [6.07, 6.45) is 2.29. The van der Waals surface area contributed by atoms with Gasteiger partial charge in [-0.15, -0.1) is 0 Å². The van der Waals surface area contributed by atoms with Crippen LogP contribution in [0.1, 0.15) is 5.56 Å². The van der Waals surface area contributed by atoms with Crippen molar-refractivity contribution >= 4 is 33.8 Å². The van der Waals surface area contributed by atoms with Crippen LogP contribution < -0.4 is 14.5 Å². The lowest BCUT2D eigenvalue weighted by Gasteiger charge is -2.21. The molecule has 2 aromatic carbocycles. The fraction of sp³-hybridized carbons (Fsp3) is 0.211. The van der Waals surface area contributed by atoms with Gasteiger partial charge in [-0.2, -0.15) is 5.10 Å². The highest BCUT2D eigenvalue weighted by Crippen LogP contribution is 2.17. The van der Waals surface area contributed by atoms with Gasteiger partial charge in [0, 0.05) is 0 Å². The van der Waals surface area contributed by atoms with Gasteiger partial charge in [-0.25, -0.2) is 23.0 Å². The van der Waals surface area contributed by atoms with Crippen molar-refractivity contribution < 1.29 is 31.9 Å². The molecular weight excluding hydrogens is 417 g/mol. The van der Waals surface area contributed by atoms with Crippen molar-refractivity contribution in [1.29, 1.82) is 0 Å². The first kappa shape index (κ1) is 22.8. The first-order chi connectivity index (χ1) is 14.2. The molecule has 0 unspecified atom stereocenters. The van der Waals surface area contributed by atoms with Gasteiger partial charge >= 0.3 is 5.97 Å². The normalized spacial score (nSPS) is 11.2. The molecule has 2 rings (SSSR count). The number of amides is 1. The summed E-state index contributed by atoms with van der Waals surface area (Å²) >= 11 is 0. The fourth-order valence-electron chi connectivity index (χ4n) is 2.20. The number of hydrogen-bond acceptors (Lipinski definition) is 7. The van der Waals surface area contributed by atoms with Crippen LogP contribution in [0.15, 0.2) is 53.6 Å². The van der Waals surface area contributed by atoms with E-state index in [4.69, 9.17) is 4.74 Å². The fourth-order valence-corrected chi connectivity index (χ4v) is 3.06. The first-order valence-corrected chi connectivity index (χ1v) is 10.4. The van der Waals surface area contributed by atoms with Crippen LogP contribution in [0.2, 0.25) is 0 Å². The highest BCUT2D eigenvalue weighted by molar-refractivity contribution is 7.92. The highest BCUT2D eigenvalue weighted by Gasteiger charge is 2.20. The molecule has 0 atom stereocenters. The molecule has 9 nitrogen and oxygen atoms in total. The van der Waals surface area contributed by atoms with Crippen molar-refractivity contribution in [2.24, 2.45) is 5.10 Å². The van der Waals surface area contributed by atoms with Crippen molar-refractivity contribution in [3.8, 4) is 5.75 Å². The molecule has 0 heterocycles. The third-order valence-electron chi connectivity index (χ3n) is 3.67. The summed E-state index contributed by atoms with van der Waals surface area (Å²) in [5, 5.41) is 3.78. The Hall–Kier alpha value is -3.47. The van der Waals surface area contributed by atoms with E-state index in [1.807, 2.05) is 0 Å². The average Bonchev–Trinajstić information content (AvgIpc) is 2.71. The molecule has 160 valence electrons. The maximum Gasteiger partial charge on any atom is 0.343 e. The SMILES string of the molecule is COC(=O)COc1ccc(C=NNC(=O)CN(c2ccc(F)cc2)S(C)(=O)=O)cc1. The Morgan fingerprint density at radius 2 is 1.77 bits per heavy atom. The number of halogens is 1. The zero-order valence-electron chi connectivity index (χ0n) is 16.2. The van der Waals surface area contributed by atoms with Gasteiger partial charge < -0.3 is 9.47 Å². The molecule has 0 aliphatic carbocycles. The van der Waals surface area contributed by atoms with E-state index in [0.717, 1.165) is 22.7 Å². The van der Waals surface area contributed by atoms with Gasteiger partial charge in [-0.1, -0.05) is 0 Å². The van der Waals surface area contributed by atoms with Gasteiger partial charge in [0.25, 0.3) is 5.91 Å². The lowest BCUT2D eigenvalue weighted by Crippen LogP contribution is -2.39. The molecule has 11 heteroatoms. The smallest absolute Gasteiger partial charge is 0.343 e. The van der Waals surface area contributed by atoms with Crippen LogP contribution >= 0.6 is 0 Å². The quantitative estimate of drug-likeness (QED) is 0.359. The number of ether oxygens (including phenoxy) is 2. The summed E-state index contributed by atoms with van der Waals surface area (Å²) in [5.74, 6) is -1.26. The van der Waals surface area contributed by atoms with E-state index in [-0.39, 0.29) is 12.3 Å². The Morgan fingerprint density at radius 3 is 2.33 bits per heavy atom. The number of benzene rings is 2. The van der Waals surface area contributed by atoms with Gasteiger partial charge in [0.15, 0.2) is 6.61 Å². The molecule has 0 radical (unpaired) electrons. The van der Waals surface area contributed by atoms with Crippen molar-refractivity contribution in [2.75, 3.05) is 30.8 Å². The number of carbonyl (C=O) groups is 2. The molecular formula is C19H20FN3O6S. The number of anilines is 1. The van der Waals surface area contributed by atoms with Crippen LogP contribution in [0.5, 0.6) is 5.75 Å². The highest BCUT2D eigenvalue weighted by atomic mass is 32.2. The molecule has 1 N–H and O–H groups in total. The van der Waals surface area contributed by atoms with E-state index >= 15 is 0 Å². The lowest BCUT2D eigenvalue weighted by atomic mass is 10.2. The second-order valence-electron chi connectivity index (χ2n) is 5.97. The largest absolute Gasteiger partial charge is 0.482 e.